The largest absolute Gasteiger partial charge is 0.397 e. The van der Waals surface area contributed by atoms with Crippen LogP contribution >= 0.6 is 22.6 Å². The molecule has 1 aliphatic rings. The van der Waals surface area contributed by atoms with E-state index in [0.717, 1.165) is 0 Å². The zero-order valence-corrected chi connectivity index (χ0v) is 11.4. The van der Waals surface area contributed by atoms with Crippen molar-refractivity contribution in [1.82, 2.24) is 0 Å². The molecule has 17 heavy (non-hydrogen) atoms. The summed E-state index contributed by atoms with van der Waals surface area (Å²) in [6, 6.07) is 2.87. The fourth-order valence-corrected chi connectivity index (χ4v) is 2.41. The lowest BCUT2D eigenvalue weighted by molar-refractivity contribution is 0.0727. The Bertz CT molecular complexity index is 417. The zero-order chi connectivity index (χ0) is 12.4. The van der Waals surface area contributed by atoms with Crippen LogP contribution in [0.1, 0.15) is 0 Å². The van der Waals surface area contributed by atoms with Gasteiger partial charge in [0, 0.05) is 12.6 Å². The Hall–Kier alpha value is -0.600. The third kappa shape index (κ3) is 2.63. The number of nitrogens with zero attached hydrogens (tertiary/aromatic N) is 1. The number of aliphatic hydroxyl groups excluding tert-OH is 1. The smallest absolute Gasteiger partial charge is 0.138 e. The highest BCUT2D eigenvalue weighted by molar-refractivity contribution is 14.1. The second kappa shape index (κ2) is 5.36. The normalized spacial score (nSPS) is 20.6. The van der Waals surface area contributed by atoms with Gasteiger partial charge in [-0.05, 0) is 28.7 Å². The van der Waals surface area contributed by atoms with E-state index in [-0.39, 0.29) is 18.5 Å². The van der Waals surface area contributed by atoms with Crippen LogP contribution in [0, 0.1) is 9.39 Å². The molecule has 1 aliphatic heterocycles. The molecule has 0 amide bonds. The van der Waals surface area contributed by atoms with Crippen LogP contribution in [0.3, 0.4) is 0 Å². The lowest BCUT2D eigenvalue weighted by Crippen LogP contribution is -2.48. The first-order chi connectivity index (χ1) is 8.13. The van der Waals surface area contributed by atoms with E-state index in [9.17, 15) is 9.50 Å². The Labute approximate surface area is 113 Å². The van der Waals surface area contributed by atoms with Crippen LogP contribution in [0.25, 0.3) is 0 Å². The Morgan fingerprint density at radius 1 is 1.59 bits per heavy atom. The number of ether oxygens (including phenoxy) is 1. The first-order valence-corrected chi connectivity index (χ1v) is 6.41. The van der Waals surface area contributed by atoms with Gasteiger partial charge in [-0.25, -0.2) is 4.39 Å². The van der Waals surface area contributed by atoms with Gasteiger partial charge >= 0.3 is 0 Å². The molecule has 1 unspecified atom stereocenters. The summed E-state index contributed by atoms with van der Waals surface area (Å²) < 4.78 is 19.3. The van der Waals surface area contributed by atoms with Crippen molar-refractivity contribution in [3.8, 4) is 0 Å². The fourth-order valence-electron chi connectivity index (χ4n) is 1.92. The van der Waals surface area contributed by atoms with E-state index in [2.05, 4.69) is 0 Å². The minimum absolute atomic E-state index is 0.0347. The number of hydrogen-bond acceptors (Lipinski definition) is 4. The predicted molar refractivity (Wildman–Crippen MR) is 72.6 cm³/mol. The van der Waals surface area contributed by atoms with Gasteiger partial charge in [0.1, 0.15) is 5.82 Å². The summed E-state index contributed by atoms with van der Waals surface area (Å²) in [4.78, 5) is 1.90. The van der Waals surface area contributed by atoms with Crippen LogP contribution in [-0.4, -0.2) is 37.5 Å². The highest BCUT2D eigenvalue weighted by atomic mass is 127. The summed E-state index contributed by atoms with van der Waals surface area (Å²) >= 11 is 1.90. The number of benzene rings is 1. The summed E-state index contributed by atoms with van der Waals surface area (Å²) in [5.74, 6) is -0.294. The van der Waals surface area contributed by atoms with Gasteiger partial charge in [-0.15, -0.1) is 0 Å². The van der Waals surface area contributed by atoms with Gasteiger partial charge in [0.2, 0.25) is 0 Å². The molecule has 1 atom stereocenters. The van der Waals surface area contributed by atoms with Gasteiger partial charge in [0.05, 0.1) is 40.8 Å². The average Bonchev–Trinajstić information content (AvgIpc) is 2.34. The van der Waals surface area contributed by atoms with Crippen molar-refractivity contribution >= 4 is 34.0 Å². The molecular weight excluding hydrogens is 338 g/mol. The second-order valence-electron chi connectivity index (χ2n) is 3.93. The maximum atomic E-state index is 13.6. The van der Waals surface area contributed by atoms with Gasteiger partial charge in [-0.3, -0.25) is 0 Å². The standard InChI is InChI=1S/C11H14FIN2O2/c12-8-3-11(10(14)4-9(8)13)15-1-2-17-6-7(15)5-16/h3-4,7,16H,1-2,5-6,14H2. The van der Waals surface area contributed by atoms with Crippen molar-refractivity contribution in [3.63, 3.8) is 0 Å². The highest BCUT2D eigenvalue weighted by Crippen LogP contribution is 2.29. The van der Waals surface area contributed by atoms with E-state index in [0.29, 0.717) is 34.7 Å². The van der Waals surface area contributed by atoms with Crippen molar-refractivity contribution in [2.24, 2.45) is 0 Å². The minimum Gasteiger partial charge on any atom is -0.397 e. The third-order valence-corrected chi connectivity index (χ3v) is 3.64. The van der Waals surface area contributed by atoms with Crippen LogP contribution < -0.4 is 10.6 Å². The van der Waals surface area contributed by atoms with E-state index in [1.54, 1.807) is 6.07 Å². The van der Waals surface area contributed by atoms with Gasteiger partial charge in [0.25, 0.3) is 0 Å². The van der Waals surface area contributed by atoms with Crippen molar-refractivity contribution in [2.45, 2.75) is 6.04 Å². The van der Waals surface area contributed by atoms with E-state index >= 15 is 0 Å². The lowest BCUT2D eigenvalue weighted by Gasteiger charge is -2.37. The van der Waals surface area contributed by atoms with Crippen molar-refractivity contribution in [3.05, 3.63) is 21.5 Å². The molecule has 1 fully saturated rings. The monoisotopic (exact) mass is 352 g/mol. The molecule has 0 aromatic heterocycles. The highest BCUT2D eigenvalue weighted by Gasteiger charge is 2.24. The Kier molecular flexibility index (Phi) is 4.05. The summed E-state index contributed by atoms with van der Waals surface area (Å²) in [7, 11) is 0. The van der Waals surface area contributed by atoms with Crippen molar-refractivity contribution in [1.29, 1.82) is 0 Å². The van der Waals surface area contributed by atoms with Crippen LogP contribution in [0.4, 0.5) is 15.8 Å². The molecule has 0 spiro atoms. The summed E-state index contributed by atoms with van der Waals surface area (Å²) in [5.41, 5.74) is 7.06. The van der Waals surface area contributed by atoms with Gasteiger partial charge in [0.15, 0.2) is 0 Å². The second-order valence-corrected chi connectivity index (χ2v) is 5.09. The van der Waals surface area contributed by atoms with E-state index in [1.165, 1.54) is 6.07 Å². The van der Waals surface area contributed by atoms with Crippen molar-refractivity contribution < 1.29 is 14.2 Å². The Balaban J connectivity index is 2.34. The first-order valence-electron chi connectivity index (χ1n) is 5.33. The molecular formula is C11H14FIN2O2. The van der Waals surface area contributed by atoms with Crippen molar-refractivity contribution in [2.75, 3.05) is 37.0 Å². The molecule has 1 aromatic rings. The van der Waals surface area contributed by atoms with Crippen LogP contribution in [0.5, 0.6) is 0 Å². The number of nitrogen functional groups attached to an aromatic ring is 1. The van der Waals surface area contributed by atoms with Gasteiger partial charge < -0.3 is 20.5 Å². The van der Waals surface area contributed by atoms with E-state index in [4.69, 9.17) is 10.5 Å². The number of hydrogen-bond donors (Lipinski definition) is 2. The molecule has 1 aromatic carbocycles. The molecule has 3 N–H and O–H groups in total. The minimum atomic E-state index is -0.294. The molecule has 1 heterocycles. The fraction of sp³-hybridized carbons (Fsp3) is 0.455. The Morgan fingerprint density at radius 3 is 3.06 bits per heavy atom. The third-order valence-electron chi connectivity index (χ3n) is 2.82. The summed E-state index contributed by atoms with van der Waals surface area (Å²) in [6.45, 7) is 1.57. The number of rotatable bonds is 2. The topological polar surface area (TPSA) is 58.7 Å². The zero-order valence-electron chi connectivity index (χ0n) is 9.20. The predicted octanol–water partition coefficient (Wildman–Crippen LogP) is 1.21. The summed E-state index contributed by atoms with van der Waals surface area (Å²) in [6.07, 6.45) is 0. The molecule has 0 radical (unpaired) electrons. The number of morpholine rings is 1. The first kappa shape index (κ1) is 12.8. The van der Waals surface area contributed by atoms with Crippen LogP contribution in [0.2, 0.25) is 0 Å². The molecule has 0 aliphatic carbocycles. The SMILES string of the molecule is Nc1cc(I)c(F)cc1N1CCOCC1CO. The Morgan fingerprint density at radius 2 is 2.35 bits per heavy atom. The maximum Gasteiger partial charge on any atom is 0.138 e. The number of halogens is 2. The molecule has 94 valence electrons. The van der Waals surface area contributed by atoms with Crippen LogP contribution in [0.15, 0.2) is 12.1 Å². The maximum absolute atomic E-state index is 13.6. The molecule has 0 saturated carbocycles. The number of nitrogens with two attached hydrogens (primary N) is 1. The number of aliphatic hydroxyl groups is 1. The molecule has 1 saturated heterocycles. The average molecular weight is 352 g/mol. The number of anilines is 2. The lowest BCUT2D eigenvalue weighted by atomic mass is 10.1. The van der Waals surface area contributed by atoms with Crippen LogP contribution in [-0.2, 0) is 4.74 Å². The molecule has 0 bridgehead atoms. The van der Waals surface area contributed by atoms with Gasteiger partial charge in [-0.1, -0.05) is 0 Å². The molecule has 6 heteroatoms. The summed E-state index contributed by atoms with van der Waals surface area (Å²) in [5, 5.41) is 9.28. The van der Waals surface area contributed by atoms with Gasteiger partial charge in [-0.2, -0.15) is 0 Å². The molecule has 2 rings (SSSR count). The van der Waals surface area contributed by atoms with E-state index < -0.39 is 0 Å². The molecule has 4 nitrogen and oxygen atoms in total. The van der Waals surface area contributed by atoms with E-state index in [1.807, 2.05) is 27.5 Å². The quantitative estimate of drug-likeness (QED) is 0.621.